The number of fused-ring (bicyclic) bond motifs is 1. The third kappa shape index (κ3) is 3.71. The van der Waals surface area contributed by atoms with Crippen LogP contribution in [0.5, 0.6) is 17.2 Å². The third-order valence-corrected chi connectivity index (χ3v) is 4.26. The lowest BCUT2D eigenvalue weighted by molar-refractivity contribution is -0.142. The maximum atomic E-state index is 12.9. The number of hydrogen-bond acceptors (Lipinski definition) is 6. The molecule has 0 unspecified atom stereocenters. The molecule has 1 heterocycles. The van der Waals surface area contributed by atoms with Gasteiger partial charge in [0.1, 0.15) is 17.6 Å². The summed E-state index contributed by atoms with van der Waals surface area (Å²) < 4.78 is 21.5. The van der Waals surface area contributed by atoms with Crippen molar-refractivity contribution in [1.82, 2.24) is 0 Å². The van der Waals surface area contributed by atoms with E-state index in [4.69, 9.17) is 18.6 Å². The lowest BCUT2D eigenvalue weighted by Gasteiger charge is -2.16. The van der Waals surface area contributed by atoms with Crippen molar-refractivity contribution < 1.29 is 23.4 Å². The molecule has 6 nitrogen and oxygen atoms in total. The second kappa shape index (κ2) is 7.38. The number of carbonyl (C=O) groups excluding carboxylic acids is 1. The van der Waals surface area contributed by atoms with Crippen LogP contribution in [0.2, 0.25) is 0 Å². The summed E-state index contributed by atoms with van der Waals surface area (Å²) in [6.45, 7) is 5.31. The quantitative estimate of drug-likeness (QED) is 0.491. The first-order valence-corrected chi connectivity index (χ1v) is 8.75. The number of ether oxygens (including phenoxy) is 3. The van der Waals surface area contributed by atoms with Gasteiger partial charge in [0, 0.05) is 6.07 Å². The van der Waals surface area contributed by atoms with Crippen molar-refractivity contribution in [2.45, 2.75) is 20.8 Å². The molecule has 0 amide bonds. The van der Waals surface area contributed by atoms with Gasteiger partial charge in [-0.25, -0.2) is 0 Å². The van der Waals surface area contributed by atoms with Crippen LogP contribution >= 0.6 is 0 Å². The Kier molecular flexibility index (Phi) is 5.14. The van der Waals surface area contributed by atoms with Crippen molar-refractivity contribution in [2.24, 2.45) is 5.41 Å². The molecule has 0 atom stereocenters. The predicted octanol–water partition coefficient (Wildman–Crippen LogP) is 4.43. The molecule has 0 aliphatic heterocycles. The van der Waals surface area contributed by atoms with Crippen LogP contribution in [0, 0.1) is 5.41 Å². The molecule has 0 spiro atoms. The lowest BCUT2D eigenvalue weighted by atomic mass is 9.97. The fourth-order valence-corrected chi connectivity index (χ4v) is 2.64. The van der Waals surface area contributed by atoms with Crippen molar-refractivity contribution in [3.8, 4) is 28.4 Å². The summed E-state index contributed by atoms with van der Waals surface area (Å²) in [5.74, 6) is 1.05. The summed E-state index contributed by atoms with van der Waals surface area (Å²) in [5.41, 5.74) is 0.563. The van der Waals surface area contributed by atoms with Crippen LogP contribution in [0.1, 0.15) is 20.8 Å². The Hall–Kier alpha value is -3.28. The minimum atomic E-state index is -0.632. The Balaban J connectivity index is 2.02. The predicted molar refractivity (Wildman–Crippen MR) is 106 cm³/mol. The molecule has 0 fully saturated rings. The average molecular weight is 382 g/mol. The van der Waals surface area contributed by atoms with E-state index in [1.165, 1.54) is 13.4 Å². The van der Waals surface area contributed by atoms with Gasteiger partial charge in [-0.1, -0.05) is 6.07 Å². The second-order valence-electron chi connectivity index (χ2n) is 7.35. The van der Waals surface area contributed by atoms with Crippen LogP contribution in [0.4, 0.5) is 0 Å². The van der Waals surface area contributed by atoms with Crippen LogP contribution in [0.3, 0.4) is 0 Å². The van der Waals surface area contributed by atoms with E-state index in [1.807, 2.05) is 0 Å². The first kappa shape index (κ1) is 19.5. The van der Waals surface area contributed by atoms with Crippen molar-refractivity contribution >= 4 is 16.9 Å². The molecular weight excluding hydrogens is 360 g/mol. The van der Waals surface area contributed by atoms with Crippen molar-refractivity contribution in [3.63, 3.8) is 0 Å². The Morgan fingerprint density at radius 2 is 1.68 bits per heavy atom. The summed E-state index contributed by atoms with van der Waals surface area (Å²) in [5, 5.41) is 0.392. The zero-order valence-corrected chi connectivity index (χ0v) is 16.5. The van der Waals surface area contributed by atoms with E-state index >= 15 is 0 Å². The molecule has 146 valence electrons. The Labute approximate surface area is 162 Å². The number of hydrogen-bond donors (Lipinski definition) is 0. The van der Waals surface area contributed by atoms with Crippen LogP contribution in [0.25, 0.3) is 22.1 Å². The molecule has 0 aliphatic rings. The zero-order chi connectivity index (χ0) is 20.5. The summed E-state index contributed by atoms with van der Waals surface area (Å²) in [6.07, 6.45) is 1.39. The van der Waals surface area contributed by atoms with Crippen molar-refractivity contribution in [1.29, 1.82) is 0 Å². The number of methoxy groups -OCH3 is 2. The van der Waals surface area contributed by atoms with E-state index in [2.05, 4.69) is 0 Å². The number of rotatable bonds is 4. The first-order valence-electron chi connectivity index (χ1n) is 8.75. The monoisotopic (exact) mass is 382 g/mol. The molecule has 0 N–H and O–H groups in total. The minimum Gasteiger partial charge on any atom is -0.493 e. The largest absolute Gasteiger partial charge is 0.493 e. The molecule has 6 heteroatoms. The molecule has 3 rings (SSSR count). The topological polar surface area (TPSA) is 75.0 Å². The molecule has 0 saturated heterocycles. The van der Waals surface area contributed by atoms with Crippen LogP contribution < -0.4 is 19.6 Å². The van der Waals surface area contributed by atoms with E-state index in [1.54, 1.807) is 64.3 Å². The highest BCUT2D eigenvalue weighted by Gasteiger charge is 2.24. The summed E-state index contributed by atoms with van der Waals surface area (Å²) >= 11 is 0. The Bertz CT molecular complexity index is 1090. The van der Waals surface area contributed by atoms with Gasteiger partial charge in [-0.2, -0.15) is 0 Å². The summed E-state index contributed by atoms with van der Waals surface area (Å²) in [6, 6.07) is 9.93. The fraction of sp³-hybridized carbons (Fsp3) is 0.273. The number of esters is 1. The van der Waals surface area contributed by atoms with Crippen LogP contribution in [-0.4, -0.2) is 20.2 Å². The van der Waals surface area contributed by atoms with Gasteiger partial charge in [-0.15, -0.1) is 0 Å². The first-order chi connectivity index (χ1) is 13.2. The van der Waals surface area contributed by atoms with E-state index in [9.17, 15) is 9.59 Å². The van der Waals surface area contributed by atoms with E-state index in [0.29, 0.717) is 39.3 Å². The fourth-order valence-electron chi connectivity index (χ4n) is 2.64. The second-order valence-corrected chi connectivity index (χ2v) is 7.35. The molecule has 0 bridgehead atoms. The molecule has 0 saturated carbocycles. The van der Waals surface area contributed by atoms with Gasteiger partial charge in [-0.05, 0) is 50.6 Å². The maximum absolute atomic E-state index is 12.9. The Morgan fingerprint density at radius 1 is 0.964 bits per heavy atom. The number of carbonyl (C=O) groups is 1. The molecule has 0 radical (unpaired) electrons. The third-order valence-electron chi connectivity index (χ3n) is 4.26. The van der Waals surface area contributed by atoms with Crippen molar-refractivity contribution in [2.75, 3.05) is 14.2 Å². The van der Waals surface area contributed by atoms with Gasteiger partial charge >= 0.3 is 5.97 Å². The smallest absolute Gasteiger partial charge is 0.316 e. The van der Waals surface area contributed by atoms with Gasteiger partial charge < -0.3 is 18.6 Å². The molecule has 0 aliphatic carbocycles. The highest BCUT2D eigenvalue weighted by molar-refractivity contribution is 5.84. The summed E-state index contributed by atoms with van der Waals surface area (Å²) in [4.78, 5) is 25.0. The van der Waals surface area contributed by atoms with Gasteiger partial charge in [-0.3, -0.25) is 9.59 Å². The van der Waals surface area contributed by atoms with E-state index in [0.717, 1.165) is 0 Å². The SMILES string of the molecule is COc1ccc(-c2coc3cc(OC(=O)C(C)(C)C)ccc3c2=O)cc1OC. The van der Waals surface area contributed by atoms with Gasteiger partial charge in [0.2, 0.25) is 0 Å². The molecule has 3 aromatic rings. The van der Waals surface area contributed by atoms with Gasteiger partial charge in [0.05, 0.1) is 30.6 Å². The maximum Gasteiger partial charge on any atom is 0.316 e. The highest BCUT2D eigenvalue weighted by atomic mass is 16.5. The van der Waals surface area contributed by atoms with E-state index in [-0.39, 0.29) is 11.4 Å². The summed E-state index contributed by atoms with van der Waals surface area (Å²) in [7, 11) is 3.08. The van der Waals surface area contributed by atoms with Crippen molar-refractivity contribution in [3.05, 3.63) is 52.9 Å². The zero-order valence-electron chi connectivity index (χ0n) is 16.5. The molecule has 2 aromatic carbocycles. The average Bonchev–Trinajstić information content (AvgIpc) is 2.67. The molecular formula is C22H22O6. The van der Waals surface area contributed by atoms with E-state index < -0.39 is 5.41 Å². The minimum absolute atomic E-state index is 0.192. The number of benzene rings is 2. The van der Waals surface area contributed by atoms with Crippen LogP contribution in [-0.2, 0) is 4.79 Å². The normalized spacial score (nSPS) is 11.3. The highest BCUT2D eigenvalue weighted by Crippen LogP contribution is 2.32. The standard InChI is InChI=1S/C22H22O6/c1-22(2,3)21(24)28-14-7-8-15-18(11-14)27-12-16(20(15)23)13-6-9-17(25-4)19(10-13)26-5/h6-12H,1-5H3. The van der Waals surface area contributed by atoms with Crippen LogP contribution in [0.15, 0.2) is 51.9 Å². The molecule has 28 heavy (non-hydrogen) atoms. The lowest BCUT2D eigenvalue weighted by Crippen LogP contribution is -2.25. The Morgan fingerprint density at radius 3 is 2.32 bits per heavy atom. The van der Waals surface area contributed by atoms with Gasteiger partial charge in [0.25, 0.3) is 0 Å². The van der Waals surface area contributed by atoms with Gasteiger partial charge in [0.15, 0.2) is 16.9 Å². The molecule has 1 aromatic heterocycles.